The van der Waals surface area contributed by atoms with Crippen molar-refractivity contribution >= 4 is 12.0 Å². The van der Waals surface area contributed by atoms with Crippen molar-refractivity contribution in [3.8, 4) is 11.5 Å². The Morgan fingerprint density at radius 2 is 1.91 bits per heavy atom. The van der Waals surface area contributed by atoms with Crippen molar-refractivity contribution < 1.29 is 23.4 Å². The van der Waals surface area contributed by atoms with Crippen molar-refractivity contribution in [2.24, 2.45) is 0 Å². The van der Waals surface area contributed by atoms with Gasteiger partial charge < -0.3 is 14.2 Å². The lowest BCUT2D eigenvalue weighted by Crippen LogP contribution is -2.02. The third kappa shape index (κ3) is 4.57. The molecule has 0 heterocycles. The molecule has 0 unspecified atom stereocenters. The van der Waals surface area contributed by atoms with Crippen LogP contribution in [0.3, 0.4) is 0 Å². The van der Waals surface area contributed by atoms with Crippen molar-refractivity contribution in [1.82, 2.24) is 0 Å². The maximum atomic E-state index is 13.4. The van der Waals surface area contributed by atoms with E-state index in [1.165, 1.54) is 19.3 Å². The Balaban J connectivity index is 2.00. The number of carbonyl (C=O) groups is 1. The van der Waals surface area contributed by atoms with Crippen molar-refractivity contribution in [3.63, 3.8) is 0 Å². The maximum Gasteiger partial charge on any atom is 0.331 e. The zero-order chi connectivity index (χ0) is 16.7. The molecule has 0 saturated heterocycles. The van der Waals surface area contributed by atoms with Crippen LogP contribution < -0.4 is 9.47 Å². The highest BCUT2D eigenvalue weighted by Crippen LogP contribution is 2.25. The summed E-state index contributed by atoms with van der Waals surface area (Å²) in [7, 11) is 3.09. The minimum absolute atomic E-state index is 0.115. The quantitative estimate of drug-likeness (QED) is 0.603. The van der Waals surface area contributed by atoms with Crippen LogP contribution in [0.1, 0.15) is 11.1 Å². The standard InChI is InChI=1S/C18H17FO4/c1-21-15-9-7-13(17(11-15)22-2)8-10-18(20)23-12-14-5-3-4-6-16(14)19/h3-11H,12H2,1-2H3/b10-8+. The summed E-state index contributed by atoms with van der Waals surface area (Å²) < 4.78 is 28.8. The summed E-state index contributed by atoms with van der Waals surface area (Å²) in [5, 5.41) is 0. The van der Waals surface area contributed by atoms with Gasteiger partial charge in [0.05, 0.1) is 14.2 Å². The predicted octanol–water partition coefficient (Wildman–Crippen LogP) is 3.60. The van der Waals surface area contributed by atoms with Gasteiger partial charge >= 0.3 is 5.97 Å². The van der Waals surface area contributed by atoms with Crippen LogP contribution in [0.25, 0.3) is 6.08 Å². The van der Waals surface area contributed by atoms with E-state index in [0.717, 1.165) is 0 Å². The van der Waals surface area contributed by atoms with Crippen molar-refractivity contribution in [1.29, 1.82) is 0 Å². The Hall–Kier alpha value is -2.82. The van der Waals surface area contributed by atoms with Gasteiger partial charge in [0.15, 0.2) is 0 Å². The number of hydrogen-bond acceptors (Lipinski definition) is 4. The molecular formula is C18H17FO4. The summed E-state index contributed by atoms with van der Waals surface area (Å²) in [6, 6.07) is 11.4. The number of ether oxygens (including phenoxy) is 3. The summed E-state index contributed by atoms with van der Waals surface area (Å²) in [6.45, 7) is -0.115. The van der Waals surface area contributed by atoms with Crippen LogP contribution in [-0.4, -0.2) is 20.2 Å². The fourth-order valence-corrected chi connectivity index (χ4v) is 1.93. The number of hydrogen-bond donors (Lipinski definition) is 0. The largest absolute Gasteiger partial charge is 0.497 e. The molecule has 2 rings (SSSR count). The lowest BCUT2D eigenvalue weighted by atomic mass is 10.1. The van der Waals surface area contributed by atoms with Crippen LogP contribution >= 0.6 is 0 Å². The van der Waals surface area contributed by atoms with Gasteiger partial charge in [0.1, 0.15) is 23.9 Å². The predicted molar refractivity (Wildman–Crippen MR) is 84.8 cm³/mol. The Bertz CT molecular complexity index is 710. The van der Waals surface area contributed by atoms with E-state index in [2.05, 4.69) is 0 Å². The summed E-state index contributed by atoms with van der Waals surface area (Å²) in [4.78, 5) is 11.7. The Morgan fingerprint density at radius 1 is 1.13 bits per heavy atom. The second kappa shape index (κ2) is 7.98. The van der Waals surface area contributed by atoms with E-state index in [9.17, 15) is 9.18 Å². The van der Waals surface area contributed by atoms with E-state index in [1.54, 1.807) is 49.6 Å². The molecule has 2 aromatic carbocycles. The van der Waals surface area contributed by atoms with Crippen LogP contribution in [0.4, 0.5) is 4.39 Å². The molecule has 0 fully saturated rings. The third-order valence-corrected chi connectivity index (χ3v) is 3.17. The normalized spacial score (nSPS) is 10.6. The highest BCUT2D eigenvalue weighted by Gasteiger charge is 2.05. The summed E-state index contributed by atoms with van der Waals surface area (Å²) in [5.41, 5.74) is 1.03. The van der Waals surface area contributed by atoms with Gasteiger partial charge in [0, 0.05) is 23.3 Å². The topological polar surface area (TPSA) is 44.8 Å². The molecule has 23 heavy (non-hydrogen) atoms. The van der Waals surface area contributed by atoms with Crippen LogP contribution in [0, 0.1) is 5.82 Å². The molecule has 0 bridgehead atoms. The highest BCUT2D eigenvalue weighted by molar-refractivity contribution is 5.87. The Morgan fingerprint density at radius 3 is 2.61 bits per heavy atom. The zero-order valence-corrected chi connectivity index (χ0v) is 12.9. The molecule has 0 amide bonds. The molecule has 0 aliphatic carbocycles. The van der Waals surface area contributed by atoms with Crippen LogP contribution in [0.5, 0.6) is 11.5 Å². The van der Waals surface area contributed by atoms with Gasteiger partial charge in [-0.15, -0.1) is 0 Å². The van der Waals surface area contributed by atoms with E-state index in [-0.39, 0.29) is 6.61 Å². The molecule has 2 aromatic rings. The molecule has 0 aromatic heterocycles. The van der Waals surface area contributed by atoms with Gasteiger partial charge in [0.2, 0.25) is 0 Å². The van der Waals surface area contributed by atoms with E-state index in [0.29, 0.717) is 22.6 Å². The van der Waals surface area contributed by atoms with E-state index >= 15 is 0 Å². The SMILES string of the molecule is COc1ccc(/C=C/C(=O)OCc2ccccc2F)c(OC)c1. The van der Waals surface area contributed by atoms with Gasteiger partial charge in [-0.05, 0) is 24.3 Å². The fourth-order valence-electron chi connectivity index (χ4n) is 1.93. The van der Waals surface area contributed by atoms with Crippen molar-refractivity contribution in [2.75, 3.05) is 14.2 Å². The van der Waals surface area contributed by atoms with Gasteiger partial charge in [-0.1, -0.05) is 18.2 Å². The first-order valence-electron chi connectivity index (χ1n) is 6.94. The lowest BCUT2D eigenvalue weighted by molar-refractivity contribution is -0.138. The van der Waals surface area contributed by atoms with Crippen LogP contribution in [0.2, 0.25) is 0 Å². The zero-order valence-electron chi connectivity index (χ0n) is 12.9. The average molecular weight is 316 g/mol. The number of methoxy groups -OCH3 is 2. The number of rotatable bonds is 6. The number of esters is 1. The van der Waals surface area contributed by atoms with E-state index in [1.807, 2.05) is 0 Å². The molecule has 0 spiro atoms. The van der Waals surface area contributed by atoms with E-state index in [4.69, 9.17) is 14.2 Å². The monoisotopic (exact) mass is 316 g/mol. The summed E-state index contributed by atoms with van der Waals surface area (Å²) in [5.74, 6) is 0.260. The molecule has 0 atom stereocenters. The second-order valence-corrected chi connectivity index (χ2v) is 4.64. The summed E-state index contributed by atoms with van der Waals surface area (Å²) in [6.07, 6.45) is 2.84. The van der Waals surface area contributed by atoms with Gasteiger partial charge in [0.25, 0.3) is 0 Å². The van der Waals surface area contributed by atoms with Gasteiger partial charge in [-0.3, -0.25) is 0 Å². The first-order valence-corrected chi connectivity index (χ1v) is 6.94. The molecule has 0 aliphatic rings. The lowest BCUT2D eigenvalue weighted by Gasteiger charge is -2.07. The van der Waals surface area contributed by atoms with Crippen molar-refractivity contribution in [3.05, 3.63) is 65.5 Å². The molecule has 0 saturated carbocycles. The molecule has 0 radical (unpaired) electrons. The molecule has 5 heteroatoms. The first-order chi connectivity index (χ1) is 11.1. The minimum Gasteiger partial charge on any atom is -0.497 e. The molecule has 120 valence electrons. The number of carbonyl (C=O) groups excluding carboxylic acids is 1. The number of halogens is 1. The Labute approximate surface area is 134 Å². The van der Waals surface area contributed by atoms with Gasteiger partial charge in [-0.2, -0.15) is 0 Å². The second-order valence-electron chi connectivity index (χ2n) is 4.64. The van der Waals surface area contributed by atoms with E-state index < -0.39 is 11.8 Å². The molecule has 0 aliphatic heterocycles. The smallest absolute Gasteiger partial charge is 0.331 e. The van der Waals surface area contributed by atoms with Crippen molar-refractivity contribution in [2.45, 2.75) is 6.61 Å². The highest BCUT2D eigenvalue weighted by atomic mass is 19.1. The first kappa shape index (κ1) is 16.5. The fraction of sp³-hybridized carbons (Fsp3) is 0.167. The van der Waals surface area contributed by atoms with Crippen LogP contribution in [0.15, 0.2) is 48.5 Å². The molecule has 4 nitrogen and oxygen atoms in total. The Kier molecular flexibility index (Phi) is 5.74. The molecule has 0 N–H and O–H groups in total. The van der Waals surface area contributed by atoms with Gasteiger partial charge in [-0.25, -0.2) is 9.18 Å². The molecular weight excluding hydrogens is 299 g/mol. The van der Waals surface area contributed by atoms with Crippen LogP contribution in [-0.2, 0) is 16.1 Å². The summed E-state index contributed by atoms with van der Waals surface area (Å²) >= 11 is 0. The minimum atomic E-state index is -0.564. The average Bonchev–Trinajstić information content (AvgIpc) is 2.59. The number of benzene rings is 2. The maximum absolute atomic E-state index is 13.4. The third-order valence-electron chi connectivity index (χ3n) is 3.17.